The molecule has 1 aromatic rings. The van der Waals surface area contributed by atoms with Gasteiger partial charge in [-0.25, -0.2) is 0 Å². The van der Waals surface area contributed by atoms with Crippen LogP contribution >= 0.6 is 15.9 Å². The van der Waals surface area contributed by atoms with Crippen molar-refractivity contribution in [2.75, 3.05) is 11.9 Å². The van der Waals surface area contributed by atoms with E-state index >= 15 is 0 Å². The average Bonchev–Trinajstić information content (AvgIpc) is 2.25. The third-order valence-electron chi connectivity index (χ3n) is 2.09. The Morgan fingerprint density at radius 2 is 1.93 bits per heavy atom. The van der Waals surface area contributed by atoms with Gasteiger partial charge in [0.1, 0.15) is 5.75 Å². The monoisotopic (exact) mass is 256 g/mol. The molecule has 0 saturated carbocycles. The summed E-state index contributed by atoms with van der Waals surface area (Å²) in [5.74, 6) is 0.963. The molecule has 0 atom stereocenters. The number of aryl methyl sites for hydroxylation is 1. The van der Waals surface area contributed by atoms with Crippen molar-refractivity contribution in [3.05, 3.63) is 29.8 Å². The van der Waals surface area contributed by atoms with E-state index in [1.165, 1.54) is 24.8 Å². The molecule has 0 spiro atoms. The highest BCUT2D eigenvalue weighted by Crippen LogP contribution is 2.13. The van der Waals surface area contributed by atoms with Crippen LogP contribution in [-0.2, 0) is 6.42 Å². The fraction of sp³-hybridized carbons (Fsp3) is 0.500. The second-order valence-corrected chi connectivity index (χ2v) is 4.08. The summed E-state index contributed by atoms with van der Waals surface area (Å²) in [5, 5.41) is 0.880. The molecule has 0 fully saturated rings. The number of ether oxygens (including phenoxy) is 1. The fourth-order valence-corrected chi connectivity index (χ4v) is 1.45. The molecule has 1 rings (SSSR count). The summed E-state index contributed by atoms with van der Waals surface area (Å²) in [6, 6.07) is 8.40. The van der Waals surface area contributed by atoms with Gasteiger partial charge in [0.15, 0.2) is 0 Å². The lowest BCUT2D eigenvalue weighted by atomic mass is 10.1. The van der Waals surface area contributed by atoms with Crippen LogP contribution in [0.3, 0.4) is 0 Å². The minimum Gasteiger partial charge on any atom is -0.493 e. The smallest absolute Gasteiger partial charge is 0.119 e. The highest BCUT2D eigenvalue weighted by Gasteiger charge is 1.94. The summed E-state index contributed by atoms with van der Waals surface area (Å²) in [6.45, 7) is 2.95. The van der Waals surface area contributed by atoms with Gasteiger partial charge in [-0.3, -0.25) is 0 Å². The maximum atomic E-state index is 5.47. The average molecular weight is 257 g/mol. The molecule has 0 N–H and O–H groups in total. The predicted octanol–water partition coefficient (Wildman–Crippen LogP) is 3.80. The van der Waals surface area contributed by atoms with Crippen molar-refractivity contribution in [1.82, 2.24) is 0 Å². The van der Waals surface area contributed by atoms with Crippen LogP contribution in [0, 0.1) is 0 Å². The van der Waals surface area contributed by atoms with Crippen LogP contribution in [0.4, 0.5) is 0 Å². The Morgan fingerprint density at radius 3 is 2.50 bits per heavy atom. The molecule has 1 aromatic carbocycles. The Bertz CT molecular complexity index is 216. The molecule has 1 nitrogen and oxygen atoms in total. The Balaban J connectivity index is 2.42. The van der Waals surface area contributed by atoms with Crippen molar-refractivity contribution in [2.45, 2.75) is 26.2 Å². The van der Waals surface area contributed by atoms with E-state index < -0.39 is 0 Å². The topological polar surface area (TPSA) is 9.23 Å². The lowest BCUT2D eigenvalue weighted by molar-refractivity contribution is 0.345. The van der Waals surface area contributed by atoms with Crippen LogP contribution in [0.15, 0.2) is 24.3 Å². The number of hydrogen-bond acceptors (Lipinski definition) is 1. The standard InChI is InChI=1S/C12H17BrO/c1-2-3-4-11-5-7-12(8-6-11)14-10-9-13/h5-8H,2-4,9-10H2,1H3. The molecule has 0 aliphatic heterocycles. The normalized spacial score (nSPS) is 10.1. The molecule has 0 saturated heterocycles. The van der Waals surface area contributed by atoms with Gasteiger partial charge in [-0.2, -0.15) is 0 Å². The van der Waals surface area contributed by atoms with Gasteiger partial charge in [-0.15, -0.1) is 0 Å². The van der Waals surface area contributed by atoms with Crippen molar-refractivity contribution in [1.29, 1.82) is 0 Å². The third-order valence-corrected chi connectivity index (χ3v) is 2.41. The van der Waals surface area contributed by atoms with E-state index in [2.05, 4.69) is 35.0 Å². The van der Waals surface area contributed by atoms with Crippen LogP contribution in [0.1, 0.15) is 25.3 Å². The van der Waals surface area contributed by atoms with Gasteiger partial charge in [-0.1, -0.05) is 41.4 Å². The van der Waals surface area contributed by atoms with E-state index in [0.29, 0.717) is 0 Å². The summed E-state index contributed by atoms with van der Waals surface area (Å²) in [4.78, 5) is 0. The number of halogens is 1. The molecule has 0 aromatic heterocycles. The van der Waals surface area contributed by atoms with E-state index in [9.17, 15) is 0 Å². The summed E-state index contributed by atoms with van der Waals surface area (Å²) < 4.78 is 5.47. The minimum atomic E-state index is 0.730. The lowest BCUT2D eigenvalue weighted by Gasteiger charge is -2.05. The van der Waals surface area contributed by atoms with Crippen LogP contribution in [-0.4, -0.2) is 11.9 Å². The minimum absolute atomic E-state index is 0.730. The van der Waals surface area contributed by atoms with E-state index in [0.717, 1.165) is 17.7 Å². The van der Waals surface area contributed by atoms with Gasteiger partial charge in [-0.05, 0) is 30.5 Å². The highest BCUT2D eigenvalue weighted by molar-refractivity contribution is 9.09. The van der Waals surface area contributed by atoms with Crippen LogP contribution in [0.2, 0.25) is 0 Å². The molecule has 78 valence electrons. The molecule has 0 unspecified atom stereocenters. The molecular weight excluding hydrogens is 240 g/mol. The van der Waals surface area contributed by atoms with Gasteiger partial charge < -0.3 is 4.74 Å². The first-order valence-corrected chi connectivity index (χ1v) is 6.26. The summed E-state index contributed by atoms with van der Waals surface area (Å²) in [7, 11) is 0. The third kappa shape index (κ3) is 4.14. The zero-order valence-electron chi connectivity index (χ0n) is 8.63. The van der Waals surface area contributed by atoms with Crippen molar-refractivity contribution in [2.24, 2.45) is 0 Å². The van der Waals surface area contributed by atoms with E-state index in [4.69, 9.17) is 4.74 Å². The number of alkyl halides is 1. The van der Waals surface area contributed by atoms with Crippen LogP contribution in [0.5, 0.6) is 5.75 Å². The SMILES string of the molecule is CCCCc1ccc(OCCBr)cc1. The van der Waals surface area contributed by atoms with Gasteiger partial charge in [0.25, 0.3) is 0 Å². The second kappa shape index (κ2) is 6.88. The maximum absolute atomic E-state index is 5.47. The van der Waals surface area contributed by atoms with Crippen molar-refractivity contribution in [3.63, 3.8) is 0 Å². The molecule has 0 amide bonds. The molecule has 14 heavy (non-hydrogen) atoms. The summed E-state index contributed by atoms with van der Waals surface area (Å²) >= 11 is 3.33. The number of unbranched alkanes of at least 4 members (excludes halogenated alkanes) is 1. The van der Waals surface area contributed by atoms with E-state index in [1.807, 2.05) is 12.1 Å². The van der Waals surface area contributed by atoms with E-state index in [-0.39, 0.29) is 0 Å². The zero-order chi connectivity index (χ0) is 10.2. The lowest BCUT2D eigenvalue weighted by Crippen LogP contribution is -1.97. The largest absolute Gasteiger partial charge is 0.493 e. The van der Waals surface area contributed by atoms with Crippen molar-refractivity contribution in [3.8, 4) is 5.75 Å². The van der Waals surface area contributed by atoms with Gasteiger partial charge >= 0.3 is 0 Å². The van der Waals surface area contributed by atoms with E-state index in [1.54, 1.807) is 0 Å². The predicted molar refractivity (Wildman–Crippen MR) is 64.3 cm³/mol. The highest BCUT2D eigenvalue weighted by atomic mass is 79.9. The molecule has 0 aliphatic rings. The number of rotatable bonds is 6. The Labute approximate surface area is 94.6 Å². The van der Waals surface area contributed by atoms with Gasteiger partial charge in [0, 0.05) is 5.33 Å². The maximum Gasteiger partial charge on any atom is 0.119 e. The number of hydrogen-bond donors (Lipinski definition) is 0. The van der Waals surface area contributed by atoms with Crippen LogP contribution in [0.25, 0.3) is 0 Å². The van der Waals surface area contributed by atoms with Crippen molar-refractivity contribution < 1.29 is 4.74 Å². The van der Waals surface area contributed by atoms with Gasteiger partial charge in [0.2, 0.25) is 0 Å². The Hall–Kier alpha value is -0.500. The van der Waals surface area contributed by atoms with Crippen molar-refractivity contribution >= 4 is 15.9 Å². The molecule has 2 heteroatoms. The molecule has 0 radical (unpaired) electrons. The molecule has 0 aliphatic carbocycles. The Morgan fingerprint density at radius 1 is 1.21 bits per heavy atom. The first-order chi connectivity index (χ1) is 6.86. The second-order valence-electron chi connectivity index (χ2n) is 3.28. The molecule has 0 heterocycles. The van der Waals surface area contributed by atoms with Gasteiger partial charge in [0.05, 0.1) is 6.61 Å². The first kappa shape index (κ1) is 11.6. The first-order valence-electron chi connectivity index (χ1n) is 5.14. The summed E-state index contributed by atoms with van der Waals surface area (Å²) in [6.07, 6.45) is 3.69. The quantitative estimate of drug-likeness (QED) is 0.704. The zero-order valence-corrected chi connectivity index (χ0v) is 10.2. The molecular formula is C12H17BrO. The Kier molecular flexibility index (Phi) is 5.69. The molecule has 0 bridgehead atoms. The van der Waals surface area contributed by atoms with Crippen LogP contribution < -0.4 is 4.74 Å². The summed E-state index contributed by atoms with van der Waals surface area (Å²) in [5.41, 5.74) is 1.40. The fourth-order valence-electron chi connectivity index (χ4n) is 1.29. The number of benzene rings is 1.